The van der Waals surface area contributed by atoms with Gasteiger partial charge in [-0.15, -0.1) is 13.2 Å². The Bertz CT molecular complexity index is 1230. The van der Waals surface area contributed by atoms with E-state index in [9.17, 15) is 14.4 Å². The number of benzene rings is 2. The van der Waals surface area contributed by atoms with Crippen LogP contribution < -0.4 is 14.4 Å². The first-order chi connectivity index (χ1) is 18.0. The van der Waals surface area contributed by atoms with Gasteiger partial charge in [0.1, 0.15) is 6.61 Å². The first-order valence-corrected chi connectivity index (χ1v) is 12.6. The second-order valence-corrected chi connectivity index (χ2v) is 9.52. The highest BCUT2D eigenvalue weighted by atomic mass is 16.6. The van der Waals surface area contributed by atoms with E-state index in [0.717, 1.165) is 12.8 Å². The molecule has 0 saturated carbocycles. The number of nitrogens with zero attached hydrogens (tertiary/aromatic N) is 3. The maximum atomic E-state index is 13.6. The van der Waals surface area contributed by atoms with E-state index in [1.54, 1.807) is 35.3 Å². The third kappa shape index (κ3) is 4.71. The van der Waals surface area contributed by atoms with Crippen molar-refractivity contribution in [1.82, 2.24) is 9.80 Å². The van der Waals surface area contributed by atoms with Crippen molar-refractivity contribution in [3.8, 4) is 11.5 Å². The average Bonchev–Trinajstić information content (AvgIpc) is 3.17. The van der Waals surface area contributed by atoms with Crippen molar-refractivity contribution in [2.75, 3.05) is 44.2 Å². The van der Waals surface area contributed by atoms with Crippen molar-refractivity contribution < 1.29 is 23.9 Å². The molecule has 1 fully saturated rings. The molecular formula is C29H31N3O5. The van der Waals surface area contributed by atoms with E-state index < -0.39 is 6.10 Å². The lowest BCUT2D eigenvalue weighted by atomic mass is 9.94. The summed E-state index contributed by atoms with van der Waals surface area (Å²) in [7, 11) is 0. The monoisotopic (exact) mass is 501 g/mol. The fourth-order valence-corrected chi connectivity index (χ4v) is 5.32. The SMILES string of the molecule is C=CCN(CC=C)C(=O)[C@H]1CCCN(c2cccc3c2C(=O)N(C[C@H]2COc4ccccc4O2)C3=O)C1. The third-order valence-electron chi connectivity index (χ3n) is 7.05. The number of para-hydroxylation sites is 2. The molecule has 3 aliphatic heterocycles. The van der Waals surface area contributed by atoms with Crippen LogP contribution in [0.3, 0.4) is 0 Å². The summed E-state index contributed by atoms with van der Waals surface area (Å²) in [6.45, 7) is 9.97. The van der Waals surface area contributed by atoms with Gasteiger partial charge >= 0.3 is 0 Å². The predicted octanol–water partition coefficient (Wildman–Crippen LogP) is 3.54. The molecule has 192 valence electrons. The van der Waals surface area contributed by atoms with Crippen LogP contribution in [-0.4, -0.2) is 73.0 Å². The summed E-state index contributed by atoms with van der Waals surface area (Å²) in [6, 6.07) is 12.7. The minimum Gasteiger partial charge on any atom is -0.486 e. The second kappa shape index (κ2) is 10.5. The number of fused-ring (bicyclic) bond motifs is 2. The van der Waals surface area contributed by atoms with Crippen LogP contribution in [0, 0.1) is 5.92 Å². The highest BCUT2D eigenvalue weighted by Gasteiger charge is 2.41. The van der Waals surface area contributed by atoms with E-state index in [1.165, 1.54) is 4.90 Å². The molecule has 2 atom stereocenters. The molecule has 8 heteroatoms. The molecule has 2 aromatic rings. The molecule has 3 amide bonds. The maximum Gasteiger partial charge on any atom is 0.263 e. The van der Waals surface area contributed by atoms with Crippen LogP contribution in [0.25, 0.3) is 0 Å². The van der Waals surface area contributed by atoms with E-state index in [4.69, 9.17) is 9.47 Å². The van der Waals surface area contributed by atoms with Gasteiger partial charge in [0, 0.05) is 26.2 Å². The maximum absolute atomic E-state index is 13.6. The summed E-state index contributed by atoms with van der Waals surface area (Å²) in [4.78, 5) is 45.1. The Labute approximate surface area is 216 Å². The first-order valence-electron chi connectivity index (χ1n) is 12.6. The molecule has 2 aromatic carbocycles. The minimum atomic E-state index is -0.460. The Morgan fingerprint density at radius 1 is 1.03 bits per heavy atom. The molecule has 1 saturated heterocycles. The van der Waals surface area contributed by atoms with Crippen LogP contribution in [0.5, 0.6) is 11.5 Å². The molecule has 3 heterocycles. The number of imide groups is 1. The molecule has 3 aliphatic rings. The third-order valence-corrected chi connectivity index (χ3v) is 7.05. The van der Waals surface area contributed by atoms with Gasteiger partial charge in [0.2, 0.25) is 5.91 Å². The molecular weight excluding hydrogens is 470 g/mol. The normalized spacial score (nSPS) is 20.4. The Hall–Kier alpha value is -4.07. The number of hydrogen-bond donors (Lipinski definition) is 0. The highest BCUT2D eigenvalue weighted by molar-refractivity contribution is 6.23. The van der Waals surface area contributed by atoms with Crippen molar-refractivity contribution in [3.05, 3.63) is 78.9 Å². The summed E-state index contributed by atoms with van der Waals surface area (Å²) >= 11 is 0. The molecule has 0 aromatic heterocycles. The minimum absolute atomic E-state index is 0.0517. The van der Waals surface area contributed by atoms with E-state index in [2.05, 4.69) is 18.1 Å². The Kier molecular flexibility index (Phi) is 6.99. The zero-order valence-corrected chi connectivity index (χ0v) is 20.8. The lowest BCUT2D eigenvalue weighted by Gasteiger charge is -2.36. The van der Waals surface area contributed by atoms with Gasteiger partial charge in [-0.25, -0.2) is 0 Å². The van der Waals surface area contributed by atoms with E-state index in [1.807, 2.05) is 24.3 Å². The van der Waals surface area contributed by atoms with Crippen molar-refractivity contribution >= 4 is 23.4 Å². The predicted molar refractivity (Wildman–Crippen MR) is 140 cm³/mol. The zero-order chi connectivity index (χ0) is 25.9. The number of hydrogen-bond acceptors (Lipinski definition) is 6. The zero-order valence-electron chi connectivity index (χ0n) is 20.8. The summed E-state index contributed by atoms with van der Waals surface area (Å²) in [5.74, 6) is 0.416. The Morgan fingerprint density at radius 2 is 1.78 bits per heavy atom. The highest BCUT2D eigenvalue weighted by Crippen LogP contribution is 2.36. The molecule has 0 unspecified atom stereocenters. The topological polar surface area (TPSA) is 79.4 Å². The fraction of sp³-hybridized carbons (Fsp3) is 0.345. The number of amides is 3. The van der Waals surface area contributed by atoms with Crippen molar-refractivity contribution in [1.29, 1.82) is 0 Å². The summed E-state index contributed by atoms with van der Waals surface area (Å²) in [5, 5.41) is 0. The van der Waals surface area contributed by atoms with Gasteiger partial charge in [-0.05, 0) is 37.1 Å². The standard InChI is InChI=1S/C29H31N3O5/c1-3-14-30(15-4-2)27(33)20-9-8-16-31(17-20)23-11-7-10-22-26(23)29(35)32(28(22)34)18-21-19-36-24-12-5-6-13-25(24)37-21/h3-7,10-13,20-21H,1-2,8-9,14-19H2/t20-,21-/m0/s1. The molecule has 0 N–H and O–H groups in total. The van der Waals surface area contributed by atoms with Gasteiger partial charge in [-0.2, -0.15) is 0 Å². The molecule has 8 nitrogen and oxygen atoms in total. The van der Waals surface area contributed by atoms with Crippen LogP contribution in [-0.2, 0) is 4.79 Å². The van der Waals surface area contributed by atoms with Gasteiger partial charge in [0.25, 0.3) is 11.8 Å². The Morgan fingerprint density at radius 3 is 2.54 bits per heavy atom. The van der Waals surface area contributed by atoms with Crippen molar-refractivity contribution in [2.24, 2.45) is 5.92 Å². The van der Waals surface area contributed by atoms with Gasteiger partial charge in [-0.3, -0.25) is 19.3 Å². The lowest BCUT2D eigenvalue weighted by Crippen LogP contribution is -2.45. The van der Waals surface area contributed by atoms with Crippen molar-refractivity contribution in [2.45, 2.75) is 18.9 Å². The summed E-state index contributed by atoms with van der Waals surface area (Å²) < 4.78 is 11.8. The average molecular weight is 502 g/mol. The lowest BCUT2D eigenvalue weighted by molar-refractivity contribution is -0.134. The smallest absolute Gasteiger partial charge is 0.263 e. The molecule has 0 spiro atoms. The van der Waals surface area contributed by atoms with E-state index in [-0.39, 0.29) is 36.8 Å². The van der Waals surface area contributed by atoms with Gasteiger partial charge in [-0.1, -0.05) is 30.4 Å². The summed E-state index contributed by atoms with van der Waals surface area (Å²) in [6.07, 6.45) is 4.55. The number of rotatable bonds is 8. The molecule has 0 aliphatic carbocycles. The van der Waals surface area contributed by atoms with Crippen LogP contribution in [0.4, 0.5) is 5.69 Å². The number of carbonyl (C=O) groups excluding carboxylic acids is 3. The first kappa shape index (κ1) is 24.6. The largest absolute Gasteiger partial charge is 0.486 e. The van der Waals surface area contributed by atoms with Crippen molar-refractivity contribution in [3.63, 3.8) is 0 Å². The van der Waals surface area contributed by atoms with Crippen LogP contribution in [0.1, 0.15) is 33.6 Å². The van der Waals surface area contributed by atoms with Crippen LogP contribution in [0.15, 0.2) is 67.8 Å². The number of piperidine rings is 1. The fourth-order valence-electron chi connectivity index (χ4n) is 5.32. The van der Waals surface area contributed by atoms with Gasteiger partial charge in [0.05, 0.1) is 29.3 Å². The number of ether oxygens (including phenoxy) is 2. The number of carbonyl (C=O) groups is 3. The van der Waals surface area contributed by atoms with E-state index >= 15 is 0 Å². The molecule has 0 bridgehead atoms. The summed E-state index contributed by atoms with van der Waals surface area (Å²) in [5.41, 5.74) is 1.47. The van der Waals surface area contributed by atoms with Gasteiger partial charge < -0.3 is 19.3 Å². The Balaban J connectivity index is 1.33. The quantitative estimate of drug-likeness (QED) is 0.407. The number of anilines is 1. The van der Waals surface area contributed by atoms with Crippen LogP contribution in [0.2, 0.25) is 0 Å². The van der Waals surface area contributed by atoms with E-state index in [0.29, 0.717) is 54.5 Å². The second-order valence-electron chi connectivity index (χ2n) is 9.52. The van der Waals surface area contributed by atoms with Gasteiger partial charge in [0.15, 0.2) is 17.6 Å². The van der Waals surface area contributed by atoms with Crippen LogP contribution >= 0.6 is 0 Å². The molecule has 37 heavy (non-hydrogen) atoms. The molecule has 0 radical (unpaired) electrons. The molecule has 5 rings (SSSR count).